The van der Waals surface area contributed by atoms with Gasteiger partial charge in [0.1, 0.15) is 12.3 Å². The second kappa shape index (κ2) is 7.15. The van der Waals surface area contributed by atoms with Crippen LogP contribution < -0.4 is 5.43 Å². The van der Waals surface area contributed by atoms with Gasteiger partial charge in [-0.25, -0.2) is 10.4 Å². The van der Waals surface area contributed by atoms with Gasteiger partial charge in [0.2, 0.25) is 0 Å². The number of hydrogen-bond donors (Lipinski definition) is 1. The number of rotatable bonds is 5. The fraction of sp³-hybridized carbons (Fsp3) is 0.200. The Bertz CT molecular complexity index is 1180. The van der Waals surface area contributed by atoms with E-state index >= 15 is 0 Å². The minimum Gasteiger partial charge on any atom is -0.360 e. The van der Waals surface area contributed by atoms with E-state index in [1.54, 1.807) is 17.1 Å². The van der Waals surface area contributed by atoms with Gasteiger partial charge in [0.05, 0.1) is 23.6 Å². The molecule has 0 aliphatic carbocycles. The zero-order chi connectivity index (χ0) is 19.7. The van der Waals surface area contributed by atoms with Gasteiger partial charge in [-0.05, 0) is 39.0 Å². The first-order valence-corrected chi connectivity index (χ1v) is 8.87. The van der Waals surface area contributed by atoms with Gasteiger partial charge in [-0.1, -0.05) is 17.3 Å². The lowest BCUT2D eigenvalue weighted by Gasteiger charge is -2.04. The number of aromatic nitrogens is 4. The van der Waals surface area contributed by atoms with Gasteiger partial charge in [-0.15, -0.1) is 0 Å². The van der Waals surface area contributed by atoms with E-state index in [9.17, 15) is 4.79 Å². The topological polar surface area (TPSA) is 90.2 Å². The number of fused-ring (bicyclic) bond motifs is 1. The van der Waals surface area contributed by atoms with Crippen molar-refractivity contribution >= 4 is 23.2 Å². The Kier molecular flexibility index (Phi) is 4.52. The number of amides is 1. The molecule has 1 aromatic carbocycles. The highest BCUT2D eigenvalue weighted by atomic mass is 16.5. The van der Waals surface area contributed by atoms with Crippen LogP contribution in [0.15, 0.2) is 52.4 Å². The normalized spacial score (nSPS) is 11.5. The molecule has 28 heavy (non-hydrogen) atoms. The molecule has 0 radical (unpaired) electrons. The first-order valence-electron chi connectivity index (χ1n) is 8.87. The van der Waals surface area contributed by atoms with Crippen LogP contribution in [0, 0.1) is 20.8 Å². The maximum absolute atomic E-state index is 12.2. The molecule has 8 heteroatoms. The van der Waals surface area contributed by atoms with Gasteiger partial charge in [-0.2, -0.15) is 5.10 Å². The lowest BCUT2D eigenvalue weighted by molar-refractivity contribution is -0.121. The summed E-state index contributed by atoms with van der Waals surface area (Å²) in [5, 5.41) is 8.16. The summed E-state index contributed by atoms with van der Waals surface area (Å²) in [6.07, 6.45) is 3.29. The number of imidazole rings is 1. The molecule has 1 N–H and O–H groups in total. The van der Waals surface area contributed by atoms with Crippen LogP contribution >= 0.6 is 0 Å². The lowest BCUT2D eigenvalue weighted by atomic mass is 10.3. The third kappa shape index (κ3) is 3.32. The monoisotopic (exact) mass is 376 g/mol. The number of para-hydroxylation sites is 2. The Balaban J connectivity index is 1.45. The van der Waals surface area contributed by atoms with E-state index < -0.39 is 0 Å². The number of carbonyl (C=O) groups excluding carboxylic acids is 1. The summed E-state index contributed by atoms with van der Waals surface area (Å²) in [7, 11) is 0. The summed E-state index contributed by atoms with van der Waals surface area (Å²) >= 11 is 0. The third-order valence-corrected chi connectivity index (χ3v) is 4.55. The highest BCUT2D eigenvalue weighted by Gasteiger charge is 2.12. The summed E-state index contributed by atoms with van der Waals surface area (Å²) in [5.74, 6) is 1.25. The Morgan fingerprint density at radius 2 is 2.07 bits per heavy atom. The van der Waals surface area contributed by atoms with E-state index in [0.29, 0.717) is 0 Å². The first-order chi connectivity index (χ1) is 13.5. The van der Waals surface area contributed by atoms with E-state index in [1.807, 2.05) is 61.7 Å². The molecule has 0 unspecified atom stereocenters. The molecule has 4 aromatic rings. The SMILES string of the molecule is Cc1cc(-n2c(C)cc(/C=N\NC(=O)Cn3cnc4ccccc43)c2C)no1. The molecule has 0 fully saturated rings. The van der Waals surface area contributed by atoms with Crippen LogP contribution in [0.2, 0.25) is 0 Å². The van der Waals surface area contributed by atoms with Crippen molar-refractivity contribution in [1.29, 1.82) is 0 Å². The van der Waals surface area contributed by atoms with Crippen molar-refractivity contribution < 1.29 is 9.32 Å². The average molecular weight is 376 g/mol. The quantitative estimate of drug-likeness (QED) is 0.428. The molecule has 0 saturated heterocycles. The predicted molar refractivity (Wildman–Crippen MR) is 106 cm³/mol. The molecule has 0 aliphatic rings. The standard InChI is InChI=1S/C20H20N6O2/c1-13-8-16(15(3)26(13)19-9-14(2)28-24-19)10-22-23-20(27)11-25-12-21-17-6-4-5-7-18(17)25/h4-10,12H,11H2,1-3H3,(H,23,27)/b22-10-. The van der Waals surface area contributed by atoms with Crippen molar-refractivity contribution in [2.75, 3.05) is 0 Å². The number of carbonyl (C=O) groups is 1. The maximum atomic E-state index is 12.2. The summed E-state index contributed by atoms with van der Waals surface area (Å²) < 4.78 is 8.94. The molecular weight excluding hydrogens is 356 g/mol. The van der Waals surface area contributed by atoms with Crippen LogP contribution in [0.1, 0.15) is 22.7 Å². The summed E-state index contributed by atoms with van der Waals surface area (Å²) in [5.41, 5.74) is 7.20. The van der Waals surface area contributed by atoms with Crippen LogP contribution in [-0.2, 0) is 11.3 Å². The van der Waals surface area contributed by atoms with Crippen molar-refractivity contribution in [2.45, 2.75) is 27.3 Å². The van der Waals surface area contributed by atoms with E-state index in [4.69, 9.17) is 4.52 Å². The van der Waals surface area contributed by atoms with Crippen molar-refractivity contribution in [2.24, 2.45) is 5.10 Å². The fourth-order valence-corrected chi connectivity index (χ4v) is 3.23. The second-order valence-corrected chi connectivity index (χ2v) is 6.61. The highest BCUT2D eigenvalue weighted by Crippen LogP contribution is 2.19. The van der Waals surface area contributed by atoms with Crippen molar-refractivity contribution in [1.82, 2.24) is 24.7 Å². The predicted octanol–water partition coefficient (Wildman–Crippen LogP) is 2.89. The van der Waals surface area contributed by atoms with Gasteiger partial charge >= 0.3 is 0 Å². The minimum atomic E-state index is -0.222. The Morgan fingerprint density at radius 1 is 1.25 bits per heavy atom. The second-order valence-electron chi connectivity index (χ2n) is 6.61. The van der Waals surface area contributed by atoms with Gasteiger partial charge in [0.25, 0.3) is 5.91 Å². The van der Waals surface area contributed by atoms with Crippen LogP contribution in [0.5, 0.6) is 0 Å². The lowest BCUT2D eigenvalue weighted by Crippen LogP contribution is -2.22. The number of aryl methyl sites for hydroxylation is 2. The van der Waals surface area contributed by atoms with E-state index in [1.165, 1.54) is 0 Å². The van der Waals surface area contributed by atoms with Crippen LogP contribution in [0.3, 0.4) is 0 Å². The largest absolute Gasteiger partial charge is 0.360 e. The van der Waals surface area contributed by atoms with Crippen molar-refractivity contribution in [3.8, 4) is 5.82 Å². The molecule has 4 rings (SSSR count). The number of hydrazone groups is 1. The molecule has 3 heterocycles. The zero-order valence-electron chi connectivity index (χ0n) is 15.9. The Morgan fingerprint density at radius 3 is 2.86 bits per heavy atom. The van der Waals surface area contributed by atoms with Gasteiger partial charge < -0.3 is 9.09 Å². The van der Waals surface area contributed by atoms with E-state index in [-0.39, 0.29) is 12.5 Å². The molecular formula is C20H20N6O2. The number of benzene rings is 1. The van der Waals surface area contributed by atoms with E-state index in [2.05, 4.69) is 20.7 Å². The van der Waals surface area contributed by atoms with Crippen LogP contribution in [0.4, 0.5) is 0 Å². The Hall–Kier alpha value is -3.68. The third-order valence-electron chi connectivity index (χ3n) is 4.55. The zero-order valence-corrected chi connectivity index (χ0v) is 15.9. The fourth-order valence-electron chi connectivity index (χ4n) is 3.23. The molecule has 0 aliphatic heterocycles. The molecule has 0 bridgehead atoms. The molecule has 1 amide bonds. The summed E-state index contributed by atoms with van der Waals surface area (Å²) in [6.45, 7) is 5.95. The summed E-state index contributed by atoms with van der Waals surface area (Å²) in [6, 6.07) is 11.5. The number of nitrogens with one attached hydrogen (secondary N) is 1. The summed E-state index contributed by atoms with van der Waals surface area (Å²) in [4.78, 5) is 16.5. The van der Waals surface area contributed by atoms with E-state index in [0.717, 1.165) is 39.6 Å². The average Bonchev–Trinajstić information content (AvgIpc) is 3.34. The first kappa shape index (κ1) is 17.7. The van der Waals surface area contributed by atoms with Gasteiger partial charge in [0, 0.05) is 23.0 Å². The molecule has 142 valence electrons. The van der Waals surface area contributed by atoms with Crippen molar-refractivity contribution in [3.63, 3.8) is 0 Å². The molecule has 0 spiro atoms. The smallest absolute Gasteiger partial charge is 0.260 e. The molecule has 3 aromatic heterocycles. The van der Waals surface area contributed by atoms with Crippen LogP contribution in [-0.4, -0.2) is 31.4 Å². The minimum absolute atomic E-state index is 0.148. The molecule has 0 atom stereocenters. The van der Waals surface area contributed by atoms with Crippen LogP contribution in [0.25, 0.3) is 16.9 Å². The Labute approximate surface area is 161 Å². The van der Waals surface area contributed by atoms with Gasteiger partial charge in [-0.3, -0.25) is 9.36 Å². The highest BCUT2D eigenvalue weighted by molar-refractivity contribution is 5.85. The molecule has 8 nitrogen and oxygen atoms in total. The number of hydrogen-bond acceptors (Lipinski definition) is 5. The van der Waals surface area contributed by atoms with Gasteiger partial charge in [0.15, 0.2) is 5.82 Å². The number of nitrogens with zero attached hydrogens (tertiary/aromatic N) is 5. The maximum Gasteiger partial charge on any atom is 0.260 e. The molecule has 0 saturated carbocycles. The van der Waals surface area contributed by atoms with Crippen molar-refractivity contribution in [3.05, 3.63) is 65.4 Å².